The summed E-state index contributed by atoms with van der Waals surface area (Å²) in [5.74, 6) is 0.247. The Balaban J connectivity index is 1.67. The van der Waals surface area contributed by atoms with Crippen LogP contribution in [0, 0.1) is 5.82 Å². The van der Waals surface area contributed by atoms with Gasteiger partial charge in [-0.25, -0.2) is 4.39 Å². The van der Waals surface area contributed by atoms with E-state index in [2.05, 4.69) is 10.2 Å². The van der Waals surface area contributed by atoms with Crippen LogP contribution in [-0.4, -0.2) is 26.3 Å². The van der Waals surface area contributed by atoms with Crippen LogP contribution in [0.15, 0.2) is 78.0 Å². The largest absolute Gasteiger partial charge is 0.293 e. The first-order valence-corrected chi connectivity index (χ1v) is 10.6. The zero-order chi connectivity index (χ0) is 21.1. The van der Waals surface area contributed by atoms with Crippen LogP contribution in [0.2, 0.25) is 10.0 Å². The fourth-order valence-corrected chi connectivity index (χ4v) is 3.92. The van der Waals surface area contributed by atoms with Crippen LogP contribution in [0.5, 0.6) is 0 Å². The van der Waals surface area contributed by atoms with Crippen molar-refractivity contribution in [2.45, 2.75) is 5.16 Å². The highest BCUT2D eigenvalue weighted by Crippen LogP contribution is 2.29. The summed E-state index contributed by atoms with van der Waals surface area (Å²) in [5, 5.41) is 10.4. The van der Waals surface area contributed by atoms with Gasteiger partial charge in [-0.05, 0) is 72.8 Å². The molecule has 0 fully saturated rings. The van der Waals surface area contributed by atoms with Crippen LogP contribution in [0.4, 0.5) is 4.39 Å². The SMILES string of the molecule is O=C(CSc1nnc(-c2ccc(Cl)cc2)n1-c1ccc(Cl)cc1)c1ccc(F)cc1. The fraction of sp³-hybridized carbons (Fsp3) is 0.0455. The topological polar surface area (TPSA) is 47.8 Å². The van der Waals surface area contributed by atoms with Gasteiger partial charge in [-0.15, -0.1) is 10.2 Å². The molecule has 4 nitrogen and oxygen atoms in total. The number of carbonyl (C=O) groups is 1. The minimum absolute atomic E-state index is 0.126. The van der Waals surface area contributed by atoms with Crippen molar-refractivity contribution >= 4 is 40.7 Å². The van der Waals surface area contributed by atoms with E-state index in [0.717, 1.165) is 11.3 Å². The number of Topliss-reactive ketones (excluding diaryl/α,β-unsaturated/α-hetero) is 1. The third-order valence-electron chi connectivity index (χ3n) is 4.32. The van der Waals surface area contributed by atoms with Crippen molar-refractivity contribution in [3.05, 3.63) is 94.2 Å². The highest BCUT2D eigenvalue weighted by atomic mass is 35.5. The lowest BCUT2D eigenvalue weighted by Gasteiger charge is -2.10. The number of nitrogens with zero attached hydrogens (tertiary/aromatic N) is 3. The van der Waals surface area contributed by atoms with E-state index in [9.17, 15) is 9.18 Å². The molecule has 0 aliphatic heterocycles. The fourth-order valence-electron chi connectivity index (χ4n) is 2.82. The minimum Gasteiger partial charge on any atom is -0.293 e. The number of halogens is 3. The summed E-state index contributed by atoms with van der Waals surface area (Å²) < 4.78 is 15.0. The van der Waals surface area contributed by atoms with Crippen LogP contribution in [0.3, 0.4) is 0 Å². The summed E-state index contributed by atoms with van der Waals surface area (Å²) in [5.41, 5.74) is 2.09. The van der Waals surface area contributed by atoms with Crippen LogP contribution >= 0.6 is 35.0 Å². The number of carbonyl (C=O) groups excluding carboxylic acids is 1. The number of rotatable bonds is 6. The van der Waals surface area contributed by atoms with Crippen molar-refractivity contribution < 1.29 is 9.18 Å². The van der Waals surface area contributed by atoms with E-state index in [1.54, 1.807) is 24.3 Å². The van der Waals surface area contributed by atoms with Gasteiger partial charge in [-0.2, -0.15) is 0 Å². The Hall–Kier alpha value is -2.67. The van der Waals surface area contributed by atoms with Gasteiger partial charge < -0.3 is 0 Å². The molecule has 0 saturated carbocycles. The maximum absolute atomic E-state index is 13.1. The zero-order valence-electron chi connectivity index (χ0n) is 15.4. The first-order valence-electron chi connectivity index (χ1n) is 8.90. The van der Waals surface area contributed by atoms with Gasteiger partial charge in [0.1, 0.15) is 5.82 Å². The second-order valence-electron chi connectivity index (χ2n) is 6.34. The maximum Gasteiger partial charge on any atom is 0.196 e. The number of ketones is 1. The molecule has 0 N–H and O–H groups in total. The van der Waals surface area contributed by atoms with Crippen LogP contribution in [0.1, 0.15) is 10.4 Å². The van der Waals surface area contributed by atoms with E-state index in [-0.39, 0.29) is 17.4 Å². The molecule has 0 radical (unpaired) electrons. The Kier molecular flexibility index (Phi) is 6.18. The standard InChI is InChI=1S/C22H14Cl2FN3OS/c23-16-5-1-15(2-6-16)21-26-27-22(28(21)19-11-7-17(24)8-12-19)30-13-20(29)14-3-9-18(25)10-4-14/h1-12H,13H2. The van der Waals surface area contributed by atoms with E-state index in [1.165, 1.54) is 36.0 Å². The molecule has 0 saturated heterocycles. The highest BCUT2D eigenvalue weighted by molar-refractivity contribution is 7.99. The van der Waals surface area contributed by atoms with Crippen LogP contribution in [0.25, 0.3) is 17.1 Å². The first kappa shape index (κ1) is 20.6. The molecule has 0 spiro atoms. The molecule has 0 aliphatic carbocycles. The third kappa shape index (κ3) is 4.56. The van der Waals surface area contributed by atoms with E-state index >= 15 is 0 Å². The van der Waals surface area contributed by atoms with Gasteiger partial charge in [0.25, 0.3) is 0 Å². The Bertz CT molecular complexity index is 1180. The van der Waals surface area contributed by atoms with Crippen molar-refractivity contribution in [2.24, 2.45) is 0 Å². The number of hydrogen-bond acceptors (Lipinski definition) is 4. The smallest absolute Gasteiger partial charge is 0.196 e. The Morgan fingerprint density at radius 3 is 2.10 bits per heavy atom. The number of aromatic nitrogens is 3. The maximum atomic E-state index is 13.1. The van der Waals surface area contributed by atoms with Crippen molar-refractivity contribution in [1.82, 2.24) is 14.8 Å². The molecular formula is C22H14Cl2FN3OS. The average molecular weight is 458 g/mol. The summed E-state index contributed by atoms with van der Waals surface area (Å²) in [7, 11) is 0. The number of benzene rings is 3. The van der Waals surface area contributed by atoms with Gasteiger partial charge in [0.05, 0.1) is 5.75 Å². The lowest BCUT2D eigenvalue weighted by atomic mass is 10.1. The molecule has 4 aromatic rings. The molecule has 0 atom stereocenters. The first-order chi connectivity index (χ1) is 14.5. The molecule has 8 heteroatoms. The van der Waals surface area contributed by atoms with Gasteiger partial charge in [-0.3, -0.25) is 9.36 Å². The Morgan fingerprint density at radius 2 is 1.47 bits per heavy atom. The quantitative estimate of drug-likeness (QED) is 0.249. The predicted octanol–water partition coefficient (Wildman–Crippen LogP) is 6.36. The second kappa shape index (κ2) is 9.00. The Morgan fingerprint density at radius 1 is 0.867 bits per heavy atom. The average Bonchev–Trinajstić information content (AvgIpc) is 3.17. The molecule has 0 unspecified atom stereocenters. The van der Waals surface area contributed by atoms with E-state index in [1.807, 2.05) is 28.8 Å². The summed E-state index contributed by atoms with van der Waals surface area (Å²) in [4.78, 5) is 12.5. The van der Waals surface area contributed by atoms with Crippen molar-refractivity contribution in [3.63, 3.8) is 0 Å². The molecule has 4 rings (SSSR count). The third-order valence-corrected chi connectivity index (χ3v) is 5.75. The van der Waals surface area contributed by atoms with Crippen molar-refractivity contribution in [2.75, 3.05) is 5.75 Å². The molecule has 0 bridgehead atoms. The minimum atomic E-state index is -0.380. The summed E-state index contributed by atoms with van der Waals surface area (Å²) >= 11 is 13.3. The van der Waals surface area contributed by atoms with Crippen molar-refractivity contribution in [3.8, 4) is 17.1 Å². The summed E-state index contributed by atoms with van der Waals surface area (Å²) in [6.07, 6.45) is 0. The zero-order valence-corrected chi connectivity index (χ0v) is 17.8. The van der Waals surface area contributed by atoms with Crippen LogP contribution < -0.4 is 0 Å². The summed E-state index contributed by atoms with van der Waals surface area (Å²) in [6, 6.07) is 20.0. The van der Waals surface area contributed by atoms with Gasteiger partial charge in [0, 0.05) is 26.9 Å². The highest BCUT2D eigenvalue weighted by Gasteiger charge is 2.18. The molecule has 0 amide bonds. The second-order valence-corrected chi connectivity index (χ2v) is 8.16. The van der Waals surface area contributed by atoms with Gasteiger partial charge in [-0.1, -0.05) is 35.0 Å². The number of thioether (sulfide) groups is 1. The van der Waals surface area contributed by atoms with Gasteiger partial charge >= 0.3 is 0 Å². The number of hydrogen-bond donors (Lipinski definition) is 0. The molecule has 30 heavy (non-hydrogen) atoms. The lowest BCUT2D eigenvalue weighted by molar-refractivity contribution is 0.102. The molecular weight excluding hydrogens is 444 g/mol. The predicted molar refractivity (Wildman–Crippen MR) is 118 cm³/mol. The van der Waals surface area contributed by atoms with E-state index < -0.39 is 0 Å². The van der Waals surface area contributed by atoms with Crippen LogP contribution in [-0.2, 0) is 0 Å². The Labute approximate surface area is 186 Å². The van der Waals surface area contributed by atoms with Gasteiger partial charge in [0.2, 0.25) is 0 Å². The lowest BCUT2D eigenvalue weighted by Crippen LogP contribution is -2.05. The molecule has 0 aliphatic rings. The van der Waals surface area contributed by atoms with E-state index in [0.29, 0.717) is 26.6 Å². The van der Waals surface area contributed by atoms with Gasteiger partial charge in [0.15, 0.2) is 16.8 Å². The van der Waals surface area contributed by atoms with Crippen molar-refractivity contribution in [1.29, 1.82) is 0 Å². The molecule has 150 valence electrons. The normalized spacial score (nSPS) is 10.9. The molecule has 3 aromatic carbocycles. The molecule has 1 aromatic heterocycles. The monoisotopic (exact) mass is 457 g/mol. The summed E-state index contributed by atoms with van der Waals surface area (Å²) in [6.45, 7) is 0. The molecule has 1 heterocycles. The van der Waals surface area contributed by atoms with E-state index in [4.69, 9.17) is 23.2 Å².